The van der Waals surface area contributed by atoms with E-state index in [4.69, 9.17) is 4.42 Å². The van der Waals surface area contributed by atoms with Gasteiger partial charge in [-0.15, -0.1) is 0 Å². The summed E-state index contributed by atoms with van der Waals surface area (Å²) in [6.45, 7) is 3.99. The van der Waals surface area contributed by atoms with Crippen molar-refractivity contribution in [1.29, 1.82) is 0 Å². The van der Waals surface area contributed by atoms with Gasteiger partial charge in [-0.1, -0.05) is 18.2 Å². The summed E-state index contributed by atoms with van der Waals surface area (Å²) in [7, 11) is 0. The van der Waals surface area contributed by atoms with Gasteiger partial charge in [-0.05, 0) is 26.0 Å². The Morgan fingerprint density at radius 1 is 1.32 bits per heavy atom. The first-order valence-corrected chi connectivity index (χ1v) is 6.19. The maximum atomic E-state index is 11.9. The fraction of sp³-hybridized carbons (Fsp3) is 0.286. The Morgan fingerprint density at radius 3 is 2.74 bits per heavy atom. The van der Waals surface area contributed by atoms with E-state index < -0.39 is 11.9 Å². The average molecular weight is 260 g/mol. The first kappa shape index (κ1) is 13.1. The van der Waals surface area contributed by atoms with Gasteiger partial charge >= 0.3 is 0 Å². The van der Waals surface area contributed by atoms with E-state index in [0.717, 1.165) is 5.39 Å². The Labute approximate surface area is 111 Å². The van der Waals surface area contributed by atoms with Crippen molar-refractivity contribution in [1.82, 2.24) is 10.6 Å². The number of rotatable bonds is 4. The van der Waals surface area contributed by atoms with Crippen molar-refractivity contribution in [2.75, 3.05) is 6.54 Å². The number of para-hydroxylation sites is 1. The minimum atomic E-state index is -0.597. The third kappa shape index (κ3) is 2.93. The molecule has 0 saturated carbocycles. The van der Waals surface area contributed by atoms with Gasteiger partial charge < -0.3 is 15.1 Å². The van der Waals surface area contributed by atoms with E-state index in [9.17, 15) is 9.59 Å². The van der Waals surface area contributed by atoms with Crippen LogP contribution in [-0.2, 0) is 4.79 Å². The lowest BCUT2D eigenvalue weighted by atomic mass is 10.2. The molecule has 0 unspecified atom stereocenters. The summed E-state index contributed by atoms with van der Waals surface area (Å²) < 4.78 is 5.43. The first-order valence-electron chi connectivity index (χ1n) is 6.19. The van der Waals surface area contributed by atoms with E-state index in [2.05, 4.69) is 10.6 Å². The Hall–Kier alpha value is -2.30. The molecular weight excluding hydrogens is 244 g/mol. The molecule has 5 heteroatoms. The zero-order valence-corrected chi connectivity index (χ0v) is 10.9. The number of benzene rings is 1. The topological polar surface area (TPSA) is 71.3 Å². The van der Waals surface area contributed by atoms with Gasteiger partial charge in [0.2, 0.25) is 5.91 Å². The van der Waals surface area contributed by atoms with Crippen molar-refractivity contribution in [2.24, 2.45) is 0 Å². The molecule has 0 radical (unpaired) electrons. The number of fused-ring (bicyclic) bond motifs is 1. The van der Waals surface area contributed by atoms with Gasteiger partial charge in [0.15, 0.2) is 5.76 Å². The number of nitrogens with one attached hydrogen (secondary N) is 2. The van der Waals surface area contributed by atoms with E-state index in [1.54, 1.807) is 19.1 Å². The third-order valence-electron chi connectivity index (χ3n) is 2.74. The van der Waals surface area contributed by atoms with Crippen LogP contribution in [0.5, 0.6) is 0 Å². The van der Waals surface area contributed by atoms with Crippen LogP contribution in [-0.4, -0.2) is 24.4 Å². The molecule has 0 aliphatic rings. The number of likely N-dealkylation sites (N-methyl/N-ethyl adjacent to an activating group) is 1. The molecule has 0 saturated heterocycles. The molecule has 0 aliphatic carbocycles. The van der Waals surface area contributed by atoms with Crippen molar-refractivity contribution >= 4 is 22.8 Å². The zero-order valence-electron chi connectivity index (χ0n) is 10.9. The third-order valence-corrected chi connectivity index (χ3v) is 2.74. The lowest BCUT2D eigenvalue weighted by Gasteiger charge is -2.11. The van der Waals surface area contributed by atoms with E-state index >= 15 is 0 Å². The Kier molecular flexibility index (Phi) is 3.85. The van der Waals surface area contributed by atoms with Crippen molar-refractivity contribution in [3.63, 3.8) is 0 Å². The number of hydrogen-bond acceptors (Lipinski definition) is 3. The van der Waals surface area contributed by atoms with Gasteiger partial charge in [-0.2, -0.15) is 0 Å². The van der Waals surface area contributed by atoms with Gasteiger partial charge in [0.25, 0.3) is 5.91 Å². The molecule has 2 amide bonds. The van der Waals surface area contributed by atoms with Crippen LogP contribution in [0.15, 0.2) is 34.7 Å². The molecule has 2 rings (SSSR count). The first-order chi connectivity index (χ1) is 9.11. The van der Waals surface area contributed by atoms with Crippen LogP contribution in [0, 0.1) is 0 Å². The fourth-order valence-corrected chi connectivity index (χ4v) is 1.75. The Balaban J connectivity index is 2.09. The number of furan rings is 1. The normalized spacial score (nSPS) is 12.1. The minimum absolute atomic E-state index is 0.206. The van der Waals surface area contributed by atoms with Gasteiger partial charge in [-0.25, -0.2) is 0 Å². The SMILES string of the molecule is CCNC(=O)[C@@H](C)NC(=O)c1cc2ccccc2o1. The van der Waals surface area contributed by atoms with Crippen molar-refractivity contribution < 1.29 is 14.0 Å². The number of carbonyl (C=O) groups excluding carboxylic acids is 2. The minimum Gasteiger partial charge on any atom is -0.451 e. The van der Waals surface area contributed by atoms with E-state index in [0.29, 0.717) is 12.1 Å². The predicted molar refractivity (Wildman–Crippen MR) is 71.8 cm³/mol. The smallest absolute Gasteiger partial charge is 0.287 e. The average Bonchev–Trinajstić information content (AvgIpc) is 2.82. The fourth-order valence-electron chi connectivity index (χ4n) is 1.75. The van der Waals surface area contributed by atoms with E-state index in [1.807, 2.05) is 25.1 Å². The number of carbonyl (C=O) groups is 2. The summed E-state index contributed by atoms with van der Waals surface area (Å²) in [4.78, 5) is 23.5. The summed E-state index contributed by atoms with van der Waals surface area (Å²) in [6.07, 6.45) is 0. The second-order valence-corrected chi connectivity index (χ2v) is 4.24. The van der Waals surface area contributed by atoms with E-state index in [-0.39, 0.29) is 11.7 Å². The molecule has 1 aromatic carbocycles. The molecule has 1 heterocycles. The highest BCUT2D eigenvalue weighted by Gasteiger charge is 2.18. The molecule has 100 valence electrons. The highest BCUT2D eigenvalue weighted by molar-refractivity contribution is 5.98. The summed E-state index contributed by atoms with van der Waals surface area (Å²) in [5.41, 5.74) is 0.651. The highest BCUT2D eigenvalue weighted by Crippen LogP contribution is 2.18. The standard InChI is InChI=1S/C14H16N2O3/c1-3-15-13(17)9(2)16-14(18)12-8-10-6-4-5-7-11(10)19-12/h4-9H,3H2,1-2H3,(H,15,17)(H,16,18)/t9-/m1/s1. The van der Waals surface area contributed by atoms with Gasteiger partial charge in [-0.3, -0.25) is 9.59 Å². The number of amides is 2. The quantitative estimate of drug-likeness (QED) is 0.878. The van der Waals surface area contributed by atoms with Crippen LogP contribution in [0.3, 0.4) is 0 Å². The van der Waals surface area contributed by atoms with Gasteiger partial charge in [0.05, 0.1) is 0 Å². The van der Waals surface area contributed by atoms with Crippen LogP contribution >= 0.6 is 0 Å². The summed E-state index contributed by atoms with van der Waals surface area (Å²) >= 11 is 0. The molecule has 0 spiro atoms. The summed E-state index contributed by atoms with van der Waals surface area (Å²) in [5.74, 6) is -0.403. The highest BCUT2D eigenvalue weighted by atomic mass is 16.3. The molecule has 1 aromatic heterocycles. The number of hydrogen-bond donors (Lipinski definition) is 2. The summed E-state index contributed by atoms with van der Waals surface area (Å²) in [5, 5.41) is 6.10. The second-order valence-electron chi connectivity index (χ2n) is 4.24. The predicted octanol–water partition coefficient (Wildman–Crippen LogP) is 1.69. The van der Waals surface area contributed by atoms with Crippen molar-refractivity contribution in [3.05, 3.63) is 36.1 Å². The zero-order chi connectivity index (χ0) is 13.8. The molecule has 5 nitrogen and oxygen atoms in total. The lowest BCUT2D eigenvalue weighted by Crippen LogP contribution is -2.44. The van der Waals surface area contributed by atoms with Crippen LogP contribution in [0.1, 0.15) is 24.4 Å². The lowest BCUT2D eigenvalue weighted by molar-refractivity contribution is -0.122. The molecular formula is C14H16N2O3. The van der Waals surface area contributed by atoms with Crippen molar-refractivity contribution in [2.45, 2.75) is 19.9 Å². The molecule has 0 fully saturated rings. The van der Waals surface area contributed by atoms with Gasteiger partial charge in [0.1, 0.15) is 11.6 Å². The molecule has 2 N–H and O–H groups in total. The maximum absolute atomic E-state index is 11.9. The second kappa shape index (κ2) is 5.56. The van der Waals surface area contributed by atoms with Crippen LogP contribution in [0.4, 0.5) is 0 Å². The maximum Gasteiger partial charge on any atom is 0.287 e. The largest absolute Gasteiger partial charge is 0.451 e. The van der Waals surface area contributed by atoms with Gasteiger partial charge in [0, 0.05) is 11.9 Å². The molecule has 1 atom stereocenters. The molecule has 19 heavy (non-hydrogen) atoms. The van der Waals surface area contributed by atoms with Crippen molar-refractivity contribution in [3.8, 4) is 0 Å². The van der Waals surface area contributed by atoms with E-state index in [1.165, 1.54) is 0 Å². The summed E-state index contributed by atoms with van der Waals surface area (Å²) in [6, 6.07) is 8.43. The monoisotopic (exact) mass is 260 g/mol. The molecule has 0 bridgehead atoms. The molecule has 0 aliphatic heterocycles. The van der Waals surface area contributed by atoms with Crippen LogP contribution < -0.4 is 10.6 Å². The van der Waals surface area contributed by atoms with Crippen LogP contribution in [0.2, 0.25) is 0 Å². The molecule has 2 aromatic rings. The van der Waals surface area contributed by atoms with Crippen LogP contribution in [0.25, 0.3) is 11.0 Å². The Morgan fingerprint density at radius 2 is 2.05 bits per heavy atom. The Bertz CT molecular complexity index is 571.